The summed E-state index contributed by atoms with van der Waals surface area (Å²) in [7, 11) is 1.56. The third-order valence-corrected chi connectivity index (χ3v) is 7.96. The van der Waals surface area contributed by atoms with Gasteiger partial charge >= 0.3 is 6.18 Å². The van der Waals surface area contributed by atoms with Gasteiger partial charge in [0.2, 0.25) is 0 Å². The molecule has 3 heterocycles. The number of rotatable bonds is 2. The molecule has 2 aromatic rings. The van der Waals surface area contributed by atoms with Crippen molar-refractivity contribution in [3.05, 3.63) is 47.0 Å². The van der Waals surface area contributed by atoms with Gasteiger partial charge in [-0.15, -0.1) is 11.8 Å². The Labute approximate surface area is 210 Å². The Kier molecular flexibility index (Phi) is 6.67. The smallest absolute Gasteiger partial charge is 0.379 e. The van der Waals surface area contributed by atoms with E-state index in [4.69, 9.17) is 9.73 Å². The predicted octanol–water partition coefficient (Wildman–Crippen LogP) is 4.98. The Morgan fingerprint density at radius 2 is 1.75 bits per heavy atom. The molecule has 0 aliphatic carbocycles. The first-order chi connectivity index (χ1) is 17.1. The van der Waals surface area contributed by atoms with Gasteiger partial charge in [-0.1, -0.05) is 0 Å². The lowest BCUT2D eigenvalue weighted by atomic mass is 9.93. The number of methoxy groups -OCH3 is 1. The fourth-order valence-corrected chi connectivity index (χ4v) is 6.63. The van der Waals surface area contributed by atoms with Crippen molar-refractivity contribution in [2.45, 2.75) is 43.1 Å². The number of nitrogens with one attached hydrogen (secondary N) is 1. The van der Waals surface area contributed by atoms with Gasteiger partial charge in [-0.2, -0.15) is 13.2 Å². The minimum Gasteiger partial charge on any atom is -0.379 e. The molecular formula is C25H27F5N4OS. The van der Waals surface area contributed by atoms with E-state index in [0.717, 1.165) is 18.2 Å². The minimum absolute atomic E-state index is 0.134. The summed E-state index contributed by atoms with van der Waals surface area (Å²) < 4.78 is 78.0. The number of hydrogen-bond donors (Lipinski definition) is 1. The van der Waals surface area contributed by atoms with Crippen molar-refractivity contribution < 1.29 is 26.7 Å². The van der Waals surface area contributed by atoms with Crippen molar-refractivity contribution in [2.24, 2.45) is 4.99 Å². The lowest BCUT2D eigenvalue weighted by Gasteiger charge is -2.41. The molecule has 0 radical (unpaired) electrons. The lowest BCUT2D eigenvalue weighted by Crippen LogP contribution is -2.56. The quantitative estimate of drug-likeness (QED) is 0.560. The lowest BCUT2D eigenvalue weighted by molar-refractivity contribution is -0.137. The monoisotopic (exact) mass is 526 g/mol. The van der Waals surface area contributed by atoms with E-state index in [2.05, 4.69) is 5.32 Å². The average Bonchev–Trinajstić information content (AvgIpc) is 2.99. The number of nitrogens with zero attached hydrogens (tertiary/aromatic N) is 3. The summed E-state index contributed by atoms with van der Waals surface area (Å²) in [5.74, 6) is -0.992. The molecule has 0 amide bonds. The average molecular weight is 527 g/mol. The number of piperazine rings is 1. The first kappa shape index (κ1) is 25.3. The number of halogens is 5. The maximum Gasteiger partial charge on any atom is 0.417 e. The maximum absolute atomic E-state index is 15.0. The molecule has 3 atom stereocenters. The molecular weight excluding hydrogens is 499 g/mol. The summed E-state index contributed by atoms with van der Waals surface area (Å²) >= 11 is 1.21. The molecule has 5 rings (SSSR count). The third-order valence-electron chi connectivity index (χ3n) is 6.74. The van der Waals surface area contributed by atoms with Crippen molar-refractivity contribution in [3.63, 3.8) is 0 Å². The highest BCUT2D eigenvalue weighted by atomic mass is 32.2. The van der Waals surface area contributed by atoms with E-state index in [1.165, 1.54) is 11.8 Å². The summed E-state index contributed by atoms with van der Waals surface area (Å²) in [6.07, 6.45) is -5.03. The number of ether oxygens (including phenoxy) is 1. The summed E-state index contributed by atoms with van der Waals surface area (Å²) in [6.45, 7) is 5.94. The third kappa shape index (κ3) is 4.56. The second kappa shape index (κ2) is 9.50. The fourth-order valence-electron chi connectivity index (χ4n) is 5.30. The van der Waals surface area contributed by atoms with Crippen LogP contribution in [0.15, 0.2) is 34.2 Å². The molecule has 1 saturated heterocycles. The summed E-state index contributed by atoms with van der Waals surface area (Å²) in [5.41, 5.74) is -0.543. The Hall–Kier alpha value is -2.37. The summed E-state index contributed by atoms with van der Waals surface area (Å²) in [6, 6.07) is 4.05. The molecule has 0 unspecified atom stereocenters. The zero-order valence-electron chi connectivity index (χ0n) is 20.1. The van der Waals surface area contributed by atoms with Crippen LogP contribution in [0.25, 0.3) is 11.1 Å². The van der Waals surface area contributed by atoms with Crippen LogP contribution in [-0.2, 0) is 10.9 Å². The number of anilines is 1. The molecule has 11 heteroatoms. The molecule has 0 aromatic heterocycles. The van der Waals surface area contributed by atoms with Crippen LogP contribution in [0.5, 0.6) is 0 Å². The molecule has 1 fully saturated rings. The molecule has 194 valence electrons. The van der Waals surface area contributed by atoms with Gasteiger partial charge in [0.05, 0.1) is 17.4 Å². The molecule has 3 aliphatic heterocycles. The first-order valence-corrected chi connectivity index (χ1v) is 12.7. The van der Waals surface area contributed by atoms with Crippen molar-refractivity contribution in [1.82, 2.24) is 10.2 Å². The molecule has 1 N–H and O–H groups in total. The standard InChI is InChI=1S/C25H27F5N4OS/c1-13-8-33(9-14(2)32-13)24-18-7-19(25(28,29)30)21(17-5-4-15(26)6-20(17)27)23-22(18)34(12-31-24)10-16(35-3)11-36-23/h4-7,13-14,16,32H,8-12H2,1-3H3/t13-,14+,16-/m0/s1. The van der Waals surface area contributed by atoms with Gasteiger partial charge in [0.25, 0.3) is 0 Å². The second-order valence-electron chi connectivity index (χ2n) is 9.53. The van der Waals surface area contributed by atoms with Crippen LogP contribution in [0.4, 0.5) is 27.6 Å². The van der Waals surface area contributed by atoms with E-state index in [9.17, 15) is 22.0 Å². The van der Waals surface area contributed by atoms with Crippen molar-refractivity contribution in [3.8, 4) is 11.1 Å². The number of thioether (sulfide) groups is 1. The number of benzene rings is 2. The normalized spacial score (nSPS) is 24.3. The topological polar surface area (TPSA) is 40.1 Å². The Balaban J connectivity index is 1.78. The molecule has 3 aliphatic rings. The molecule has 0 spiro atoms. The SMILES string of the molecule is CO[C@@H]1CSc2c(-c3ccc(F)cc3F)c(C(F)(F)F)cc3c2N(CN=C3N2C[C@@H](C)N[C@@H](C)C2)C1. The van der Waals surface area contributed by atoms with Gasteiger partial charge in [-0.25, -0.2) is 13.8 Å². The first-order valence-electron chi connectivity index (χ1n) is 11.8. The molecule has 0 bridgehead atoms. The Morgan fingerprint density at radius 1 is 1.03 bits per heavy atom. The van der Waals surface area contributed by atoms with Gasteiger partial charge in [-0.05, 0) is 32.0 Å². The number of aliphatic imine (C=N–C) groups is 1. The number of alkyl halides is 3. The van der Waals surface area contributed by atoms with Gasteiger partial charge in [-0.3, -0.25) is 0 Å². The highest BCUT2D eigenvalue weighted by Crippen LogP contribution is 2.51. The van der Waals surface area contributed by atoms with E-state index >= 15 is 0 Å². The van der Waals surface area contributed by atoms with E-state index in [0.29, 0.717) is 53.4 Å². The number of hydrogen-bond acceptors (Lipinski definition) is 6. The highest BCUT2D eigenvalue weighted by Gasteiger charge is 2.42. The minimum atomic E-state index is -4.77. The summed E-state index contributed by atoms with van der Waals surface area (Å²) in [5, 5.41) is 3.44. The summed E-state index contributed by atoms with van der Waals surface area (Å²) in [4.78, 5) is 8.99. The fraction of sp³-hybridized carbons (Fsp3) is 0.480. The second-order valence-corrected chi connectivity index (χ2v) is 10.6. The maximum atomic E-state index is 15.0. The van der Waals surface area contributed by atoms with Crippen molar-refractivity contribution in [2.75, 3.05) is 44.1 Å². The van der Waals surface area contributed by atoms with Gasteiger partial charge in [0.15, 0.2) is 0 Å². The van der Waals surface area contributed by atoms with Crippen LogP contribution in [0.2, 0.25) is 0 Å². The molecule has 5 nitrogen and oxygen atoms in total. The van der Waals surface area contributed by atoms with Crippen LogP contribution >= 0.6 is 11.8 Å². The Morgan fingerprint density at radius 3 is 2.39 bits per heavy atom. The molecule has 36 heavy (non-hydrogen) atoms. The van der Waals surface area contributed by atoms with Crippen LogP contribution in [0.3, 0.4) is 0 Å². The van der Waals surface area contributed by atoms with Crippen LogP contribution in [-0.4, -0.2) is 68.1 Å². The van der Waals surface area contributed by atoms with Crippen molar-refractivity contribution >= 4 is 23.3 Å². The van der Waals surface area contributed by atoms with Crippen LogP contribution < -0.4 is 10.2 Å². The predicted molar refractivity (Wildman–Crippen MR) is 131 cm³/mol. The van der Waals surface area contributed by atoms with E-state index < -0.39 is 23.4 Å². The van der Waals surface area contributed by atoms with Gasteiger partial charge in [0, 0.05) is 72.2 Å². The van der Waals surface area contributed by atoms with Crippen LogP contribution in [0.1, 0.15) is 25.0 Å². The molecule has 0 saturated carbocycles. The van der Waals surface area contributed by atoms with Gasteiger partial charge in [0.1, 0.15) is 24.1 Å². The Bertz CT molecular complexity index is 1190. The molecule has 2 aromatic carbocycles. The van der Waals surface area contributed by atoms with E-state index in [1.54, 1.807) is 7.11 Å². The zero-order chi connectivity index (χ0) is 25.8. The van der Waals surface area contributed by atoms with E-state index in [1.807, 2.05) is 23.6 Å². The van der Waals surface area contributed by atoms with Crippen LogP contribution in [0, 0.1) is 11.6 Å². The number of amidine groups is 1. The zero-order valence-corrected chi connectivity index (χ0v) is 20.9. The van der Waals surface area contributed by atoms with E-state index in [-0.39, 0.29) is 36.0 Å². The van der Waals surface area contributed by atoms with Gasteiger partial charge < -0.3 is 19.9 Å². The highest BCUT2D eigenvalue weighted by molar-refractivity contribution is 7.99. The van der Waals surface area contributed by atoms with Crippen molar-refractivity contribution in [1.29, 1.82) is 0 Å². The largest absolute Gasteiger partial charge is 0.417 e.